The summed E-state index contributed by atoms with van der Waals surface area (Å²) in [5.74, 6) is 0. The van der Waals surface area contributed by atoms with Crippen LogP contribution in [-0.2, 0) is 10.0 Å². The number of hydrogen-bond acceptors (Lipinski definition) is 5. The van der Waals surface area contributed by atoms with Gasteiger partial charge in [-0.2, -0.15) is 5.10 Å². The summed E-state index contributed by atoms with van der Waals surface area (Å²) in [4.78, 5) is 3.90. The van der Waals surface area contributed by atoms with Gasteiger partial charge in [0.25, 0.3) is 10.0 Å². The van der Waals surface area contributed by atoms with Crippen molar-refractivity contribution in [1.29, 1.82) is 0 Å². The zero-order valence-corrected chi connectivity index (χ0v) is 15.3. The summed E-state index contributed by atoms with van der Waals surface area (Å²) in [5, 5.41) is 4.05. The van der Waals surface area contributed by atoms with Gasteiger partial charge in [0.1, 0.15) is 16.9 Å². The molecule has 0 aliphatic rings. The minimum atomic E-state index is -3.53. The molecule has 0 fully saturated rings. The maximum atomic E-state index is 12.3. The molecule has 1 unspecified atom stereocenters. The number of benzene rings is 1. The average Bonchev–Trinajstić information content (AvgIpc) is 3.18. The molecule has 2 aromatic heterocycles. The van der Waals surface area contributed by atoms with Crippen molar-refractivity contribution in [2.75, 3.05) is 0 Å². The van der Waals surface area contributed by atoms with Gasteiger partial charge in [0.15, 0.2) is 0 Å². The van der Waals surface area contributed by atoms with Gasteiger partial charge in [0, 0.05) is 6.04 Å². The highest BCUT2D eigenvalue weighted by Crippen LogP contribution is 2.27. The summed E-state index contributed by atoms with van der Waals surface area (Å²) >= 11 is 4.46. The fraction of sp³-hybridized carbons (Fsp3) is 0.143. The van der Waals surface area contributed by atoms with Crippen LogP contribution in [0.3, 0.4) is 0 Å². The number of aromatic nitrogens is 3. The molecule has 0 aliphatic heterocycles. The lowest BCUT2D eigenvalue weighted by Gasteiger charge is -2.14. The Labute approximate surface area is 146 Å². The van der Waals surface area contributed by atoms with Crippen molar-refractivity contribution in [2.24, 2.45) is 0 Å². The van der Waals surface area contributed by atoms with Crippen LogP contribution in [0.4, 0.5) is 0 Å². The number of sulfonamides is 1. The predicted octanol–water partition coefficient (Wildman–Crippen LogP) is 3.13. The van der Waals surface area contributed by atoms with Crippen molar-refractivity contribution in [2.45, 2.75) is 17.2 Å². The first-order chi connectivity index (χ1) is 11.0. The third kappa shape index (κ3) is 3.69. The van der Waals surface area contributed by atoms with E-state index in [1.807, 2.05) is 31.2 Å². The summed E-state index contributed by atoms with van der Waals surface area (Å²) in [6, 6.07) is 10.4. The van der Waals surface area contributed by atoms with Crippen LogP contribution in [-0.4, -0.2) is 23.2 Å². The first-order valence-corrected chi connectivity index (χ1v) is 9.77. The van der Waals surface area contributed by atoms with Gasteiger partial charge in [-0.15, -0.1) is 11.3 Å². The Morgan fingerprint density at radius 3 is 2.52 bits per heavy atom. The average molecular weight is 413 g/mol. The Hall–Kier alpha value is -1.55. The monoisotopic (exact) mass is 412 g/mol. The van der Waals surface area contributed by atoms with E-state index < -0.39 is 10.0 Å². The van der Waals surface area contributed by atoms with Crippen LogP contribution in [0.2, 0.25) is 0 Å². The lowest BCUT2D eigenvalue weighted by Crippen LogP contribution is -2.26. The topological polar surface area (TPSA) is 76.9 Å². The molecule has 0 saturated carbocycles. The van der Waals surface area contributed by atoms with Crippen LogP contribution in [0.1, 0.15) is 18.5 Å². The molecule has 1 N–H and O–H groups in total. The molecule has 0 amide bonds. The molecule has 3 rings (SSSR count). The van der Waals surface area contributed by atoms with Crippen molar-refractivity contribution in [3.05, 3.63) is 58.4 Å². The Morgan fingerprint density at radius 2 is 1.96 bits per heavy atom. The first kappa shape index (κ1) is 16.3. The van der Waals surface area contributed by atoms with E-state index in [1.165, 1.54) is 17.7 Å². The Bertz CT molecular complexity index is 889. The summed E-state index contributed by atoms with van der Waals surface area (Å²) in [5.41, 5.74) is 1.73. The van der Waals surface area contributed by atoms with E-state index in [-0.39, 0.29) is 10.3 Å². The minimum Gasteiger partial charge on any atom is -0.223 e. The van der Waals surface area contributed by atoms with Crippen LogP contribution in [0.5, 0.6) is 0 Å². The molecule has 0 bridgehead atoms. The van der Waals surface area contributed by atoms with Gasteiger partial charge in [-0.05, 0) is 52.7 Å². The second kappa shape index (κ2) is 6.52. The summed E-state index contributed by atoms with van der Waals surface area (Å²) in [6.07, 6.45) is 3.07. The Morgan fingerprint density at radius 1 is 1.22 bits per heavy atom. The minimum absolute atomic E-state index is 0.287. The lowest BCUT2D eigenvalue weighted by atomic mass is 10.1. The third-order valence-corrected chi connectivity index (χ3v) is 6.88. The molecule has 0 saturated heterocycles. The molecule has 120 valence electrons. The van der Waals surface area contributed by atoms with Crippen LogP contribution >= 0.6 is 27.3 Å². The van der Waals surface area contributed by atoms with E-state index in [0.29, 0.717) is 0 Å². The number of thiophene rings is 1. The fourth-order valence-corrected chi connectivity index (χ4v) is 5.32. The molecule has 6 nitrogen and oxygen atoms in total. The summed E-state index contributed by atoms with van der Waals surface area (Å²) in [6.45, 7) is 1.81. The second-order valence-electron chi connectivity index (χ2n) is 4.83. The fourth-order valence-electron chi connectivity index (χ4n) is 2.06. The van der Waals surface area contributed by atoms with E-state index in [0.717, 1.165) is 15.0 Å². The smallest absolute Gasteiger partial charge is 0.223 e. The molecular weight excluding hydrogens is 400 g/mol. The third-order valence-electron chi connectivity index (χ3n) is 3.22. The zero-order valence-electron chi connectivity index (χ0n) is 12.0. The molecule has 2 heterocycles. The van der Waals surface area contributed by atoms with Crippen LogP contribution in [0, 0.1) is 0 Å². The molecule has 9 heteroatoms. The highest BCUT2D eigenvalue weighted by atomic mass is 79.9. The quantitative estimate of drug-likeness (QED) is 0.697. The molecule has 3 aromatic rings. The largest absolute Gasteiger partial charge is 0.250 e. The molecule has 0 spiro atoms. The van der Waals surface area contributed by atoms with Gasteiger partial charge in [-0.1, -0.05) is 12.1 Å². The summed E-state index contributed by atoms with van der Waals surface area (Å²) in [7, 11) is -3.53. The van der Waals surface area contributed by atoms with Gasteiger partial charge >= 0.3 is 0 Å². The van der Waals surface area contributed by atoms with Crippen molar-refractivity contribution in [1.82, 2.24) is 19.5 Å². The van der Waals surface area contributed by atoms with Gasteiger partial charge < -0.3 is 0 Å². The van der Waals surface area contributed by atoms with Crippen molar-refractivity contribution in [3.8, 4) is 5.69 Å². The standard InChI is InChI=1S/C14H13BrN4O2S2/c1-10(18-23(20,21)14-7-6-13(15)22-14)11-2-4-12(5-3-11)19-9-16-8-17-19/h2-10,18H,1H3. The van der Waals surface area contributed by atoms with Gasteiger partial charge in [-0.3, -0.25) is 0 Å². The SMILES string of the molecule is CC(NS(=O)(=O)c1ccc(Br)s1)c1ccc(-n2cncn2)cc1. The molecule has 1 aromatic carbocycles. The van der Waals surface area contributed by atoms with Crippen molar-refractivity contribution in [3.63, 3.8) is 0 Å². The number of halogens is 1. The molecule has 23 heavy (non-hydrogen) atoms. The van der Waals surface area contributed by atoms with Crippen molar-refractivity contribution >= 4 is 37.3 Å². The second-order valence-corrected chi connectivity index (χ2v) is 9.24. The van der Waals surface area contributed by atoms with E-state index in [2.05, 4.69) is 30.7 Å². The van der Waals surface area contributed by atoms with Gasteiger partial charge in [0.2, 0.25) is 0 Å². The van der Waals surface area contributed by atoms with Crippen molar-refractivity contribution < 1.29 is 8.42 Å². The zero-order chi connectivity index (χ0) is 16.4. The maximum absolute atomic E-state index is 12.3. The van der Waals surface area contributed by atoms with Gasteiger partial charge in [0.05, 0.1) is 9.47 Å². The van der Waals surface area contributed by atoms with E-state index in [9.17, 15) is 8.42 Å². The Balaban J connectivity index is 1.77. The number of rotatable bonds is 5. The Kier molecular flexibility index (Phi) is 4.62. The summed E-state index contributed by atoms with van der Waals surface area (Å²) < 4.78 is 30.1. The van der Waals surface area contributed by atoms with Crippen LogP contribution in [0.25, 0.3) is 5.69 Å². The molecule has 0 radical (unpaired) electrons. The van der Waals surface area contributed by atoms with Gasteiger partial charge in [-0.25, -0.2) is 22.8 Å². The molecular formula is C14H13BrN4O2S2. The van der Waals surface area contributed by atoms with E-state index in [1.54, 1.807) is 23.1 Å². The normalized spacial score (nSPS) is 13.1. The predicted molar refractivity (Wildman–Crippen MR) is 92.1 cm³/mol. The van der Waals surface area contributed by atoms with Crippen LogP contribution < -0.4 is 4.72 Å². The number of nitrogens with zero attached hydrogens (tertiary/aromatic N) is 3. The van der Waals surface area contributed by atoms with E-state index >= 15 is 0 Å². The molecule has 1 atom stereocenters. The number of hydrogen-bond donors (Lipinski definition) is 1. The highest BCUT2D eigenvalue weighted by molar-refractivity contribution is 9.11. The van der Waals surface area contributed by atoms with Crippen LogP contribution in [0.15, 0.2) is 57.0 Å². The number of nitrogens with one attached hydrogen (secondary N) is 1. The first-order valence-electron chi connectivity index (χ1n) is 6.68. The van der Waals surface area contributed by atoms with E-state index in [4.69, 9.17) is 0 Å². The molecule has 0 aliphatic carbocycles. The maximum Gasteiger partial charge on any atom is 0.250 e. The lowest BCUT2D eigenvalue weighted by molar-refractivity contribution is 0.569. The highest BCUT2D eigenvalue weighted by Gasteiger charge is 2.20.